The first-order chi connectivity index (χ1) is 14.6. The number of amides is 3. The van der Waals surface area contributed by atoms with Crippen molar-refractivity contribution < 1.29 is 23.9 Å². The molecule has 2 aliphatic rings. The SMILES string of the molecule is CC(C)CN(CC(C)C)C(=O)COC(=O)[C@]12CCC(=O)N1c1ccccc1C(=O)N2C. The molecule has 0 unspecified atom stereocenters. The molecule has 3 rings (SSSR count). The largest absolute Gasteiger partial charge is 0.452 e. The first kappa shape index (κ1) is 22.8. The molecule has 2 aliphatic heterocycles. The van der Waals surface area contributed by atoms with Crippen LogP contribution in [0.25, 0.3) is 0 Å². The van der Waals surface area contributed by atoms with Crippen LogP contribution in [0.15, 0.2) is 24.3 Å². The molecule has 0 aliphatic carbocycles. The summed E-state index contributed by atoms with van der Waals surface area (Å²) in [6, 6.07) is 6.73. The Bertz CT molecular complexity index is 887. The molecular formula is C23H31N3O5. The second-order valence-corrected chi connectivity index (χ2v) is 9.09. The number of nitrogens with zero attached hydrogens (tertiary/aromatic N) is 3. The van der Waals surface area contributed by atoms with Crippen LogP contribution in [0.2, 0.25) is 0 Å². The number of likely N-dealkylation sites (N-methyl/N-ethyl adjacent to an activating group) is 1. The lowest BCUT2D eigenvalue weighted by molar-refractivity contribution is -0.161. The smallest absolute Gasteiger partial charge is 0.354 e. The summed E-state index contributed by atoms with van der Waals surface area (Å²) >= 11 is 0. The predicted molar refractivity (Wildman–Crippen MR) is 115 cm³/mol. The zero-order valence-corrected chi connectivity index (χ0v) is 18.9. The molecule has 168 valence electrons. The lowest BCUT2D eigenvalue weighted by Crippen LogP contribution is -2.67. The van der Waals surface area contributed by atoms with Gasteiger partial charge in [-0.2, -0.15) is 0 Å². The minimum Gasteiger partial charge on any atom is -0.452 e. The van der Waals surface area contributed by atoms with E-state index in [2.05, 4.69) is 0 Å². The third kappa shape index (κ3) is 4.03. The third-order valence-corrected chi connectivity index (χ3v) is 5.72. The van der Waals surface area contributed by atoms with E-state index in [1.165, 1.54) is 16.8 Å². The Kier molecular flexibility index (Phi) is 6.38. The fraction of sp³-hybridized carbons (Fsp3) is 0.565. The summed E-state index contributed by atoms with van der Waals surface area (Å²) in [5.41, 5.74) is -0.804. The van der Waals surface area contributed by atoms with Crippen molar-refractivity contribution in [3.05, 3.63) is 29.8 Å². The van der Waals surface area contributed by atoms with Crippen LogP contribution in [-0.4, -0.2) is 65.9 Å². The average Bonchev–Trinajstić information content (AvgIpc) is 3.07. The molecule has 0 radical (unpaired) electrons. The molecular weight excluding hydrogens is 398 g/mol. The lowest BCUT2D eigenvalue weighted by atomic mass is 9.97. The maximum Gasteiger partial charge on any atom is 0.354 e. The topological polar surface area (TPSA) is 87.2 Å². The van der Waals surface area contributed by atoms with E-state index in [1.807, 2.05) is 27.7 Å². The van der Waals surface area contributed by atoms with Gasteiger partial charge in [-0.25, -0.2) is 4.79 Å². The maximum absolute atomic E-state index is 13.3. The van der Waals surface area contributed by atoms with Gasteiger partial charge in [0, 0.05) is 33.0 Å². The fourth-order valence-corrected chi connectivity index (χ4v) is 4.38. The number of hydrogen-bond acceptors (Lipinski definition) is 5. The highest BCUT2D eigenvalue weighted by atomic mass is 16.5. The van der Waals surface area contributed by atoms with E-state index in [4.69, 9.17) is 4.74 Å². The first-order valence-corrected chi connectivity index (χ1v) is 10.7. The quantitative estimate of drug-likeness (QED) is 0.621. The van der Waals surface area contributed by atoms with Gasteiger partial charge in [0.25, 0.3) is 11.8 Å². The van der Waals surface area contributed by atoms with Crippen LogP contribution in [0.3, 0.4) is 0 Å². The van der Waals surface area contributed by atoms with Crippen LogP contribution in [-0.2, 0) is 19.1 Å². The van der Waals surface area contributed by atoms with E-state index in [1.54, 1.807) is 29.2 Å². The van der Waals surface area contributed by atoms with Crippen molar-refractivity contribution in [2.45, 2.75) is 46.2 Å². The number of esters is 1. The van der Waals surface area contributed by atoms with Crippen molar-refractivity contribution in [1.82, 2.24) is 9.80 Å². The molecule has 0 bridgehead atoms. The van der Waals surface area contributed by atoms with Crippen molar-refractivity contribution in [1.29, 1.82) is 0 Å². The Hall–Kier alpha value is -2.90. The number of benzene rings is 1. The summed E-state index contributed by atoms with van der Waals surface area (Å²) in [7, 11) is 1.50. The minimum absolute atomic E-state index is 0.113. The Morgan fingerprint density at radius 1 is 1.10 bits per heavy atom. The van der Waals surface area contributed by atoms with Gasteiger partial charge in [0.2, 0.25) is 11.6 Å². The number of anilines is 1. The van der Waals surface area contributed by atoms with Gasteiger partial charge in [0.15, 0.2) is 6.61 Å². The highest BCUT2D eigenvalue weighted by Crippen LogP contribution is 2.44. The number of fused-ring (bicyclic) bond motifs is 3. The van der Waals surface area contributed by atoms with Crippen LogP contribution in [0.1, 0.15) is 50.9 Å². The van der Waals surface area contributed by atoms with Crippen LogP contribution in [0.4, 0.5) is 5.69 Å². The van der Waals surface area contributed by atoms with Crippen molar-refractivity contribution in [3.8, 4) is 0 Å². The molecule has 3 amide bonds. The number of rotatable bonds is 7. The fourth-order valence-electron chi connectivity index (χ4n) is 4.38. The second-order valence-electron chi connectivity index (χ2n) is 9.09. The highest BCUT2D eigenvalue weighted by molar-refractivity contribution is 6.15. The minimum atomic E-state index is -1.57. The van der Waals surface area contributed by atoms with Crippen LogP contribution in [0.5, 0.6) is 0 Å². The monoisotopic (exact) mass is 429 g/mol. The number of para-hydroxylation sites is 1. The Labute approximate surface area is 183 Å². The number of carbonyl (C=O) groups excluding carboxylic acids is 4. The van der Waals surface area contributed by atoms with Gasteiger partial charge in [0.05, 0.1) is 11.3 Å². The molecule has 0 spiro atoms. The number of ether oxygens (including phenoxy) is 1. The van der Waals surface area contributed by atoms with Gasteiger partial charge < -0.3 is 14.5 Å². The molecule has 2 heterocycles. The van der Waals surface area contributed by atoms with Gasteiger partial charge >= 0.3 is 5.97 Å². The lowest BCUT2D eigenvalue weighted by Gasteiger charge is -2.46. The molecule has 1 atom stereocenters. The van der Waals surface area contributed by atoms with Gasteiger partial charge in [0.1, 0.15) is 0 Å². The third-order valence-electron chi connectivity index (χ3n) is 5.72. The Morgan fingerprint density at radius 2 is 1.71 bits per heavy atom. The van der Waals surface area contributed by atoms with Gasteiger partial charge in [-0.15, -0.1) is 0 Å². The molecule has 8 heteroatoms. The molecule has 0 aromatic heterocycles. The molecule has 1 aromatic carbocycles. The summed E-state index contributed by atoms with van der Waals surface area (Å²) in [4.78, 5) is 56.1. The molecule has 1 saturated heterocycles. The molecule has 31 heavy (non-hydrogen) atoms. The zero-order valence-electron chi connectivity index (χ0n) is 18.9. The summed E-state index contributed by atoms with van der Waals surface area (Å²) in [5, 5.41) is 0. The zero-order chi connectivity index (χ0) is 22.9. The average molecular weight is 430 g/mol. The van der Waals surface area contributed by atoms with Gasteiger partial charge in [-0.05, 0) is 24.0 Å². The van der Waals surface area contributed by atoms with Crippen molar-refractivity contribution in [2.75, 3.05) is 31.6 Å². The van der Waals surface area contributed by atoms with Crippen molar-refractivity contribution in [3.63, 3.8) is 0 Å². The summed E-state index contributed by atoms with van der Waals surface area (Å²) < 4.78 is 5.46. The van der Waals surface area contributed by atoms with Gasteiger partial charge in [-0.3, -0.25) is 19.3 Å². The normalized spacial score (nSPS) is 20.2. The second kappa shape index (κ2) is 8.69. The molecule has 1 fully saturated rings. The van der Waals surface area contributed by atoms with Crippen LogP contribution < -0.4 is 4.90 Å². The standard InChI is InChI=1S/C23H31N3O5/c1-15(2)12-25(13-16(3)4)20(28)14-31-22(30)23-11-10-19(27)26(23)18-9-7-6-8-17(18)21(29)24(23)5/h6-9,15-16H,10-14H2,1-5H3/t23-/m0/s1. The first-order valence-electron chi connectivity index (χ1n) is 10.7. The van der Waals surface area contributed by atoms with E-state index < -0.39 is 18.2 Å². The van der Waals surface area contributed by atoms with Crippen LogP contribution >= 0.6 is 0 Å². The summed E-state index contributed by atoms with van der Waals surface area (Å²) in [6.45, 7) is 8.79. The molecule has 8 nitrogen and oxygen atoms in total. The van der Waals surface area contributed by atoms with E-state index >= 15 is 0 Å². The Balaban J connectivity index is 1.84. The molecule has 0 saturated carbocycles. The number of carbonyl (C=O) groups is 4. The van der Waals surface area contributed by atoms with E-state index in [0.717, 1.165) is 0 Å². The Morgan fingerprint density at radius 3 is 2.32 bits per heavy atom. The highest BCUT2D eigenvalue weighted by Gasteiger charge is 2.60. The van der Waals surface area contributed by atoms with Crippen molar-refractivity contribution in [2.24, 2.45) is 11.8 Å². The predicted octanol–water partition coefficient (Wildman–Crippen LogP) is 2.28. The van der Waals surface area contributed by atoms with E-state index in [-0.39, 0.29) is 42.4 Å². The van der Waals surface area contributed by atoms with Gasteiger partial charge in [-0.1, -0.05) is 39.8 Å². The molecule has 0 N–H and O–H groups in total. The molecule has 1 aromatic rings. The van der Waals surface area contributed by atoms with E-state index in [0.29, 0.717) is 24.3 Å². The van der Waals surface area contributed by atoms with Crippen molar-refractivity contribution >= 4 is 29.4 Å². The van der Waals surface area contributed by atoms with Crippen LogP contribution in [0, 0.1) is 11.8 Å². The van der Waals surface area contributed by atoms with E-state index in [9.17, 15) is 19.2 Å². The summed E-state index contributed by atoms with van der Waals surface area (Å²) in [5.74, 6) is -1.10. The number of hydrogen-bond donors (Lipinski definition) is 0. The maximum atomic E-state index is 13.3. The summed E-state index contributed by atoms with van der Waals surface area (Å²) in [6.07, 6.45) is 0.235.